The number of carbonyl (C=O) groups excluding carboxylic acids is 4. The summed E-state index contributed by atoms with van der Waals surface area (Å²) in [6.45, 7) is 3.37. The van der Waals surface area contributed by atoms with Crippen LogP contribution < -0.4 is 16.8 Å². The van der Waals surface area contributed by atoms with Crippen molar-refractivity contribution in [2.75, 3.05) is 20.6 Å². The Hall–Kier alpha value is -4.50. The van der Waals surface area contributed by atoms with E-state index in [-0.39, 0.29) is 25.3 Å². The van der Waals surface area contributed by atoms with Crippen LogP contribution in [0.1, 0.15) is 31.4 Å². The second kappa shape index (κ2) is 14.4. The maximum absolute atomic E-state index is 14.2. The Morgan fingerprint density at radius 2 is 1.45 bits per heavy atom. The quantitative estimate of drug-likeness (QED) is 0.271. The third kappa shape index (κ3) is 9.27. The van der Waals surface area contributed by atoms with Crippen molar-refractivity contribution in [2.24, 2.45) is 11.5 Å². The van der Waals surface area contributed by atoms with Gasteiger partial charge in [-0.2, -0.15) is 0 Å². The summed E-state index contributed by atoms with van der Waals surface area (Å²) in [7, 11) is 3.12. The fraction of sp³-hybridized carbons (Fsp3) is 0.333. The molecule has 2 atom stereocenters. The van der Waals surface area contributed by atoms with Crippen molar-refractivity contribution < 1.29 is 19.2 Å². The minimum absolute atomic E-state index is 0.208. The lowest BCUT2D eigenvalue weighted by Crippen LogP contribution is -2.56. The first-order chi connectivity index (χ1) is 19.9. The van der Waals surface area contributed by atoms with Crippen LogP contribution in [0.4, 0.5) is 0 Å². The molecule has 222 valence electrons. The normalized spacial score (nSPS) is 13.0. The molecule has 9 nitrogen and oxygen atoms in total. The van der Waals surface area contributed by atoms with Gasteiger partial charge in [0, 0.05) is 32.5 Å². The number of likely N-dealkylation sites (N-methyl/N-ethyl adjacent to an activating group) is 2. The molecule has 0 heterocycles. The zero-order valence-electron chi connectivity index (χ0n) is 24.7. The van der Waals surface area contributed by atoms with Crippen molar-refractivity contribution in [1.82, 2.24) is 15.1 Å². The summed E-state index contributed by atoms with van der Waals surface area (Å²) >= 11 is 0. The number of hydrogen-bond donors (Lipinski definition) is 3. The van der Waals surface area contributed by atoms with E-state index in [1.54, 1.807) is 13.1 Å². The highest BCUT2D eigenvalue weighted by molar-refractivity contribution is 5.95. The molecule has 0 aliphatic carbocycles. The molecule has 0 aromatic heterocycles. The number of benzene rings is 3. The minimum atomic E-state index is -0.949. The first-order valence-electron chi connectivity index (χ1n) is 13.9. The Kier molecular flexibility index (Phi) is 11.0. The third-order valence-corrected chi connectivity index (χ3v) is 7.07. The molecule has 0 saturated heterocycles. The molecule has 3 aromatic rings. The molecule has 5 N–H and O–H groups in total. The number of carbonyl (C=O) groups is 4. The summed E-state index contributed by atoms with van der Waals surface area (Å²) in [5.41, 5.74) is 12.5. The van der Waals surface area contributed by atoms with E-state index in [4.69, 9.17) is 11.5 Å². The second-order valence-corrected chi connectivity index (χ2v) is 11.3. The van der Waals surface area contributed by atoms with Gasteiger partial charge < -0.3 is 26.6 Å². The summed E-state index contributed by atoms with van der Waals surface area (Å²) in [5, 5.41) is 4.61. The van der Waals surface area contributed by atoms with E-state index < -0.39 is 35.3 Å². The molecule has 0 aliphatic heterocycles. The van der Waals surface area contributed by atoms with Crippen molar-refractivity contribution >= 4 is 34.4 Å². The molecule has 0 aliphatic rings. The number of amides is 4. The fourth-order valence-electron chi connectivity index (χ4n) is 4.64. The summed E-state index contributed by atoms with van der Waals surface area (Å²) in [4.78, 5) is 54.8. The van der Waals surface area contributed by atoms with Gasteiger partial charge >= 0.3 is 0 Å². The zero-order chi connectivity index (χ0) is 30.9. The van der Waals surface area contributed by atoms with Gasteiger partial charge in [-0.05, 0) is 48.2 Å². The van der Waals surface area contributed by atoms with Crippen molar-refractivity contribution in [3.8, 4) is 0 Å². The number of primary amides is 1. The van der Waals surface area contributed by atoms with Crippen LogP contribution in [0.3, 0.4) is 0 Å². The average molecular weight is 572 g/mol. The first kappa shape index (κ1) is 32.0. The minimum Gasteiger partial charge on any atom is -0.368 e. The molecule has 0 spiro atoms. The van der Waals surface area contributed by atoms with Gasteiger partial charge in [-0.25, -0.2) is 0 Å². The molecular formula is C33H41N5O4. The zero-order valence-corrected chi connectivity index (χ0v) is 24.7. The van der Waals surface area contributed by atoms with Crippen LogP contribution in [-0.4, -0.2) is 71.7 Å². The Morgan fingerprint density at radius 1 is 0.833 bits per heavy atom. The standard InChI is InChI=1S/C33H41N5O4/c1-33(2,35)18-10-15-30(40)37(3)28(21-24-16-17-25-13-8-9-14-26(25)19-24)32(42)38(4)27(31(41)36-22-29(34)39)20-23-11-6-5-7-12-23/h5-17,19,27-28H,18,20-22,35H2,1-4H3,(H2,34,39)(H,36,41)/b15-10+/t27-,28-/m1/s1. The van der Waals surface area contributed by atoms with E-state index >= 15 is 0 Å². The van der Waals surface area contributed by atoms with Crippen molar-refractivity contribution in [2.45, 2.75) is 50.7 Å². The second-order valence-electron chi connectivity index (χ2n) is 11.3. The molecular weight excluding hydrogens is 530 g/mol. The average Bonchev–Trinajstić information content (AvgIpc) is 2.96. The topological polar surface area (TPSA) is 139 Å². The van der Waals surface area contributed by atoms with E-state index in [9.17, 15) is 19.2 Å². The maximum Gasteiger partial charge on any atom is 0.246 e. The van der Waals surface area contributed by atoms with Crippen LogP contribution in [-0.2, 0) is 32.0 Å². The Morgan fingerprint density at radius 3 is 2.10 bits per heavy atom. The molecule has 4 amide bonds. The number of fused-ring (bicyclic) bond motifs is 1. The first-order valence-corrected chi connectivity index (χ1v) is 13.9. The fourth-order valence-corrected chi connectivity index (χ4v) is 4.64. The van der Waals surface area contributed by atoms with Gasteiger partial charge in [0.15, 0.2) is 0 Å². The monoisotopic (exact) mass is 571 g/mol. The van der Waals surface area contributed by atoms with E-state index in [1.165, 1.54) is 22.9 Å². The highest BCUT2D eigenvalue weighted by atomic mass is 16.2. The van der Waals surface area contributed by atoms with Crippen molar-refractivity contribution in [3.05, 3.63) is 96.1 Å². The number of hydrogen-bond acceptors (Lipinski definition) is 5. The molecule has 3 aromatic carbocycles. The van der Waals surface area contributed by atoms with Crippen molar-refractivity contribution in [3.63, 3.8) is 0 Å². The molecule has 0 radical (unpaired) electrons. The number of nitrogens with two attached hydrogens (primary N) is 2. The predicted molar refractivity (Wildman–Crippen MR) is 165 cm³/mol. The lowest BCUT2D eigenvalue weighted by Gasteiger charge is -2.34. The summed E-state index contributed by atoms with van der Waals surface area (Å²) in [6, 6.07) is 21.2. The van der Waals surface area contributed by atoms with Crippen LogP contribution in [0.5, 0.6) is 0 Å². The summed E-state index contributed by atoms with van der Waals surface area (Å²) in [6.07, 6.45) is 4.05. The molecule has 42 heavy (non-hydrogen) atoms. The third-order valence-electron chi connectivity index (χ3n) is 7.07. The van der Waals surface area contributed by atoms with Gasteiger partial charge in [0.25, 0.3) is 0 Å². The molecule has 0 unspecified atom stereocenters. The van der Waals surface area contributed by atoms with Crippen LogP contribution in [0, 0.1) is 0 Å². The van der Waals surface area contributed by atoms with Crippen molar-refractivity contribution in [1.29, 1.82) is 0 Å². The molecule has 0 saturated carbocycles. The SMILES string of the molecule is CN(C(=O)/C=C/CC(C)(C)N)[C@H](Cc1ccc2ccccc2c1)C(=O)N(C)[C@H](Cc1ccccc1)C(=O)NCC(N)=O. The Bertz CT molecular complexity index is 1430. The lowest BCUT2D eigenvalue weighted by atomic mass is 9.98. The van der Waals surface area contributed by atoms with E-state index in [0.717, 1.165) is 21.9 Å². The van der Waals surface area contributed by atoms with Gasteiger partial charge in [-0.15, -0.1) is 0 Å². The maximum atomic E-state index is 14.2. The number of nitrogens with zero attached hydrogens (tertiary/aromatic N) is 2. The van der Waals surface area contributed by atoms with E-state index in [1.807, 2.05) is 86.6 Å². The molecule has 3 rings (SSSR count). The molecule has 0 bridgehead atoms. The van der Waals surface area contributed by atoms with Gasteiger partial charge in [-0.1, -0.05) is 78.9 Å². The predicted octanol–water partition coefficient (Wildman–Crippen LogP) is 2.56. The number of rotatable bonds is 13. The van der Waals surface area contributed by atoms with Crippen LogP contribution >= 0.6 is 0 Å². The highest BCUT2D eigenvalue weighted by Crippen LogP contribution is 2.20. The highest BCUT2D eigenvalue weighted by Gasteiger charge is 2.35. The van der Waals surface area contributed by atoms with Gasteiger partial charge in [0.05, 0.1) is 6.54 Å². The molecule has 0 fully saturated rings. The van der Waals surface area contributed by atoms with Crippen LogP contribution in [0.25, 0.3) is 10.8 Å². The smallest absolute Gasteiger partial charge is 0.246 e. The van der Waals surface area contributed by atoms with E-state index in [0.29, 0.717) is 6.42 Å². The largest absolute Gasteiger partial charge is 0.368 e. The van der Waals surface area contributed by atoms with Crippen LogP contribution in [0.2, 0.25) is 0 Å². The van der Waals surface area contributed by atoms with Gasteiger partial charge in [0.1, 0.15) is 12.1 Å². The summed E-state index contributed by atoms with van der Waals surface area (Å²) in [5.74, 6) is -1.98. The van der Waals surface area contributed by atoms with Gasteiger partial charge in [-0.3, -0.25) is 19.2 Å². The van der Waals surface area contributed by atoms with Gasteiger partial charge in [0.2, 0.25) is 23.6 Å². The number of nitrogens with one attached hydrogen (secondary N) is 1. The van der Waals surface area contributed by atoms with E-state index in [2.05, 4.69) is 5.32 Å². The summed E-state index contributed by atoms with van der Waals surface area (Å²) < 4.78 is 0. The van der Waals surface area contributed by atoms with Crippen LogP contribution in [0.15, 0.2) is 84.9 Å². The molecule has 9 heteroatoms. The Balaban J connectivity index is 1.95. The lowest BCUT2D eigenvalue weighted by molar-refractivity contribution is -0.146. The Labute approximate surface area is 247 Å².